The highest BCUT2D eigenvalue weighted by Gasteiger charge is 2.33. The van der Waals surface area contributed by atoms with Gasteiger partial charge in [0.2, 0.25) is 11.9 Å². The molecule has 0 aliphatic carbocycles. The molecule has 1 unspecified atom stereocenters. The van der Waals surface area contributed by atoms with Crippen LogP contribution in [-0.2, 0) is 11.0 Å². The number of nitrogens with one attached hydrogen (secondary N) is 2. The predicted octanol–water partition coefficient (Wildman–Crippen LogP) is 3.33. The molecular weight excluding hydrogens is 385 g/mol. The Hall–Kier alpha value is -3.07. The normalized spacial score (nSPS) is 15.9. The summed E-state index contributed by atoms with van der Waals surface area (Å²) in [5.41, 5.74) is 1.03. The summed E-state index contributed by atoms with van der Waals surface area (Å²) in [4.78, 5) is 21.5. The zero-order valence-corrected chi connectivity index (χ0v) is 15.3. The number of imidazole rings is 1. The number of fused-ring (bicyclic) bond motifs is 1. The number of nitrogens with zero attached hydrogens (tertiary/aromatic N) is 2. The number of hydrogen-bond acceptors (Lipinski definition) is 4. The van der Waals surface area contributed by atoms with Crippen LogP contribution >= 0.6 is 0 Å². The molecular formula is C20H19F3N4O2. The predicted molar refractivity (Wildman–Crippen MR) is 101 cm³/mol. The van der Waals surface area contributed by atoms with Crippen LogP contribution in [-0.4, -0.2) is 45.1 Å². The SMILES string of the molecule is O=C(CC(Nc1nc2ccccc2[nH]1)c1cccc(C(F)(F)F)c1)N1CC(O)C1. The Morgan fingerprint density at radius 2 is 2.00 bits per heavy atom. The third-order valence-electron chi connectivity index (χ3n) is 4.91. The van der Waals surface area contributed by atoms with Crippen molar-refractivity contribution in [1.82, 2.24) is 14.9 Å². The van der Waals surface area contributed by atoms with Gasteiger partial charge in [0.05, 0.1) is 35.2 Å². The summed E-state index contributed by atoms with van der Waals surface area (Å²) in [7, 11) is 0. The Morgan fingerprint density at radius 3 is 2.69 bits per heavy atom. The van der Waals surface area contributed by atoms with Crippen LogP contribution in [0.4, 0.5) is 19.1 Å². The first kappa shape index (κ1) is 19.3. The van der Waals surface area contributed by atoms with E-state index in [9.17, 15) is 23.1 Å². The lowest BCUT2D eigenvalue weighted by molar-refractivity contribution is -0.141. The Labute approximate surface area is 164 Å². The number of likely N-dealkylation sites (tertiary alicyclic amines) is 1. The lowest BCUT2D eigenvalue weighted by atomic mass is 9.99. The van der Waals surface area contributed by atoms with Crippen molar-refractivity contribution in [2.75, 3.05) is 18.4 Å². The summed E-state index contributed by atoms with van der Waals surface area (Å²) >= 11 is 0. The lowest BCUT2D eigenvalue weighted by Gasteiger charge is -2.36. The number of aliphatic hydroxyl groups excluding tert-OH is 1. The van der Waals surface area contributed by atoms with Gasteiger partial charge in [0.1, 0.15) is 0 Å². The largest absolute Gasteiger partial charge is 0.416 e. The van der Waals surface area contributed by atoms with Gasteiger partial charge in [-0.05, 0) is 29.8 Å². The standard InChI is InChI=1S/C20H19F3N4O2/c21-20(22,23)13-5-3-4-12(8-13)17(9-18(29)27-10-14(28)11-27)26-19-24-15-6-1-2-7-16(15)25-19/h1-8,14,17,28H,9-11H2,(H2,24,25,26). The molecule has 2 heterocycles. The topological polar surface area (TPSA) is 81.2 Å². The van der Waals surface area contributed by atoms with Gasteiger partial charge in [-0.2, -0.15) is 13.2 Å². The van der Waals surface area contributed by atoms with Gasteiger partial charge in [0.15, 0.2) is 0 Å². The zero-order valence-electron chi connectivity index (χ0n) is 15.3. The summed E-state index contributed by atoms with van der Waals surface area (Å²) in [5, 5.41) is 12.5. The quantitative estimate of drug-likeness (QED) is 0.609. The van der Waals surface area contributed by atoms with Crippen LogP contribution in [0.5, 0.6) is 0 Å². The van der Waals surface area contributed by atoms with Gasteiger partial charge in [-0.15, -0.1) is 0 Å². The second-order valence-electron chi connectivity index (χ2n) is 7.08. The highest BCUT2D eigenvalue weighted by atomic mass is 19.4. The van der Waals surface area contributed by atoms with E-state index < -0.39 is 23.9 Å². The number of hydrogen-bond donors (Lipinski definition) is 3. The number of alkyl halides is 3. The monoisotopic (exact) mass is 404 g/mol. The maximum Gasteiger partial charge on any atom is 0.416 e. The van der Waals surface area contributed by atoms with Crippen LogP contribution in [0.25, 0.3) is 11.0 Å². The number of aromatic nitrogens is 2. The summed E-state index contributed by atoms with van der Waals surface area (Å²) in [6, 6.07) is 11.5. The highest BCUT2D eigenvalue weighted by molar-refractivity contribution is 5.79. The molecule has 3 aromatic rings. The molecule has 0 radical (unpaired) electrons. The Morgan fingerprint density at radius 1 is 1.24 bits per heavy atom. The number of β-amino-alcohol motifs (C(OH)–C–C–N with tert-alkyl or cyclic N) is 1. The molecule has 1 aliphatic rings. The van der Waals surface area contributed by atoms with E-state index in [4.69, 9.17) is 0 Å². The number of anilines is 1. The fraction of sp³-hybridized carbons (Fsp3) is 0.300. The number of aliphatic hydroxyl groups is 1. The smallest absolute Gasteiger partial charge is 0.389 e. The molecule has 4 rings (SSSR count). The zero-order chi connectivity index (χ0) is 20.6. The third-order valence-corrected chi connectivity index (χ3v) is 4.91. The molecule has 3 N–H and O–H groups in total. The van der Waals surface area contributed by atoms with E-state index in [1.54, 1.807) is 6.07 Å². The number of para-hydroxylation sites is 2. The van der Waals surface area contributed by atoms with Crippen LogP contribution in [0.3, 0.4) is 0 Å². The van der Waals surface area contributed by atoms with Crippen LogP contribution in [0.15, 0.2) is 48.5 Å². The van der Waals surface area contributed by atoms with Gasteiger partial charge in [-0.3, -0.25) is 4.79 Å². The Bertz CT molecular complexity index is 995. The van der Waals surface area contributed by atoms with E-state index in [0.29, 0.717) is 17.0 Å². The number of halogens is 3. The molecule has 1 aromatic heterocycles. The minimum Gasteiger partial charge on any atom is -0.389 e. The van der Waals surface area contributed by atoms with E-state index >= 15 is 0 Å². The van der Waals surface area contributed by atoms with Gasteiger partial charge in [-0.25, -0.2) is 4.98 Å². The van der Waals surface area contributed by atoms with Crippen molar-refractivity contribution >= 4 is 22.9 Å². The first-order valence-corrected chi connectivity index (χ1v) is 9.14. The van der Waals surface area contributed by atoms with E-state index in [-0.39, 0.29) is 25.4 Å². The first-order chi connectivity index (χ1) is 13.8. The van der Waals surface area contributed by atoms with Gasteiger partial charge >= 0.3 is 6.18 Å². The van der Waals surface area contributed by atoms with Crippen molar-refractivity contribution in [3.63, 3.8) is 0 Å². The molecule has 0 saturated carbocycles. The van der Waals surface area contributed by atoms with Crippen molar-refractivity contribution in [3.8, 4) is 0 Å². The Balaban J connectivity index is 1.62. The average molecular weight is 404 g/mol. The molecule has 1 amide bonds. The number of carbonyl (C=O) groups is 1. The lowest BCUT2D eigenvalue weighted by Crippen LogP contribution is -2.53. The summed E-state index contributed by atoms with van der Waals surface area (Å²) in [6.45, 7) is 0.470. The molecule has 1 atom stereocenters. The maximum absolute atomic E-state index is 13.2. The molecule has 29 heavy (non-hydrogen) atoms. The van der Waals surface area contributed by atoms with Crippen molar-refractivity contribution in [2.24, 2.45) is 0 Å². The van der Waals surface area contributed by atoms with Crippen LogP contribution in [0.2, 0.25) is 0 Å². The molecule has 2 aromatic carbocycles. The summed E-state index contributed by atoms with van der Waals surface area (Å²) < 4.78 is 39.5. The fourth-order valence-electron chi connectivity index (χ4n) is 3.33. The molecule has 1 fully saturated rings. The van der Waals surface area contributed by atoms with Crippen molar-refractivity contribution < 1.29 is 23.1 Å². The van der Waals surface area contributed by atoms with Crippen LogP contribution in [0, 0.1) is 0 Å². The molecule has 0 bridgehead atoms. The molecule has 6 nitrogen and oxygen atoms in total. The number of benzene rings is 2. The summed E-state index contributed by atoms with van der Waals surface area (Å²) in [6.07, 6.45) is -5.09. The van der Waals surface area contributed by atoms with Gasteiger partial charge < -0.3 is 20.3 Å². The second-order valence-corrected chi connectivity index (χ2v) is 7.08. The van der Waals surface area contributed by atoms with E-state index in [1.165, 1.54) is 11.0 Å². The average Bonchev–Trinajstić information content (AvgIpc) is 3.06. The molecule has 152 valence electrons. The molecule has 9 heteroatoms. The first-order valence-electron chi connectivity index (χ1n) is 9.14. The Kier molecular flexibility index (Phi) is 4.91. The van der Waals surface area contributed by atoms with Gasteiger partial charge in [0.25, 0.3) is 0 Å². The number of H-pyrrole nitrogens is 1. The van der Waals surface area contributed by atoms with Crippen molar-refractivity contribution in [3.05, 3.63) is 59.7 Å². The van der Waals surface area contributed by atoms with E-state index in [0.717, 1.165) is 17.6 Å². The maximum atomic E-state index is 13.2. The van der Waals surface area contributed by atoms with Gasteiger partial charge in [0, 0.05) is 13.1 Å². The van der Waals surface area contributed by atoms with Crippen molar-refractivity contribution in [2.45, 2.75) is 24.7 Å². The number of aromatic amines is 1. The molecule has 0 spiro atoms. The van der Waals surface area contributed by atoms with E-state index in [2.05, 4.69) is 15.3 Å². The highest BCUT2D eigenvalue weighted by Crippen LogP contribution is 2.32. The molecule has 1 saturated heterocycles. The number of carbonyl (C=O) groups excluding carboxylic acids is 1. The van der Waals surface area contributed by atoms with E-state index in [1.807, 2.05) is 24.3 Å². The number of amides is 1. The van der Waals surface area contributed by atoms with Crippen molar-refractivity contribution in [1.29, 1.82) is 0 Å². The minimum atomic E-state index is -4.48. The third kappa shape index (κ3) is 4.19. The second kappa shape index (κ2) is 7.40. The van der Waals surface area contributed by atoms with Crippen LogP contribution < -0.4 is 5.32 Å². The fourth-order valence-corrected chi connectivity index (χ4v) is 3.33. The summed E-state index contributed by atoms with van der Waals surface area (Å²) in [5.74, 6) is 0.117. The van der Waals surface area contributed by atoms with Crippen LogP contribution in [0.1, 0.15) is 23.6 Å². The molecule has 1 aliphatic heterocycles. The van der Waals surface area contributed by atoms with Gasteiger partial charge in [-0.1, -0.05) is 24.3 Å². The number of rotatable bonds is 5. The minimum absolute atomic E-state index is 0.0644.